The Morgan fingerprint density at radius 2 is 1.93 bits per heavy atom. The molecule has 0 spiro atoms. The lowest BCUT2D eigenvalue weighted by Gasteiger charge is -2.08. The number of pyridine rings is 1. The van der Waals surface area contributed by atoms with Gasteiger partial charge < -0.3 is 14.8 Å². The number of hydrogen-bond donors (Lipinski definition) is 1. The lowest BCUT2D eigenvalue weighted by molar-refractivity contribution is 0.0861. The van der Waals surface area contributed by atoms with E-state index < -0.39 is 6.36 Å². The minimum Gasteiger partial charge on any atom is -0.495 e. The molecule has 1 N–H and O–H groups in total. The molecule has 4 aromatic rings. The fourth-order valence-electron chi connectivity index (χ4n) is 2.80. The predicted molar refractivity (Wildman–Crippen MR) is 110 cm³/mol. The molecule has 0 saturated heterocycles. The molecule has 0 aliphatic carbocycles. The predicted octanol–water partition coefficient (Wildman–Crippen LogP) is 5.80. The van der Waals surface area contributed by atoms with Crippen molar-refractivity contribution < 1.29 is 13.9 Å². The number of nitrogens with one attached hydrogen (secondary N) is 1. The van der Waals surface area contributed by atoms with Crippen LogP contribution in [0.1, 0.15) is 6.92 Å². The van der Waals surface area contributed by atoms with Crippen LogP contribution < -0.4 is 14.8 Å². The summed E-state index contributed by atoms with van der Waals surface area (Å²) < 4.78 is 24.4. The zero-order valence-electron chi connectivity index (χ0n) is 15.3. The number of benzene rings is 2. The molecular weight excluding hydrogens is 377 g/mol. The molecule has 0 amide bonds. The molecule has 142 valence electrons. The number of ether oxygens (including phenoxy) is 2. The molecule has 7 heteroatoms. The highest BCUT2D eigenvalue weighted by Gasteiger charge is 2.08. The van der Waals surface area contributed by atoms with Gasteiger partial charge in [-0.1, -0.05) is 23.5 Å². The first-order chi connectivity index (χ1) is 13.6. The van der Waals surface area contributed by atoms with Crippen LogP contribution in [0.4, 0.5) is 15.2 Å². The fraction of sp³-hybridized carbons (Fsp3) is 0.143. The van der Waals surface area contributed by atoms with Crippen LogP contribution in [0.3, 0.4) is 0 Å². The Bertz CT molecular complexity index is 1110. The number of alkyl halides is 1. The molecule has 2 aromatic heterocycles. The second-order valence-electron chi connectivity index (χ2n) is 6.13. The Morgan fingerprint density at radius 3 is 2.75 bits per heavy atom. The van der Waals surface area contributed by atoms with Gasteiger partial charge in [0.1, 0.15) is 11.5 Å². The summed E-state index contributed by atoms with van der Waals surface area (Å²) in [6, 6.07) is 15.2. The van der Waals surface area contributed by atoms with Gasteiger partial charge in [-0.3, -0.25) is 4.98 Å². The minimum atomic E-state index is -1.36. The summed E-state index contributed by atoms with van der Waals surface area (Å²) in [5, 5.41) is 4.01. The maximum atomic E-state index is 13.0. The molecule has 0 saturated carbocycles. The monoisotopic (exact) mass is 395 g/mol. The first-order valence-corrected chi connectivity index (χ1v) is 9.50. The number of nitrogens with zero attached hydrogens (tertiary/aromatic N) is 2. The van der Waals surface area contributed by atoms with Crippen molar-refractivity contribution >= 4 is 32.4 Å². The van der Waals surface area contributed by atoms with Gasteiger partial charge in [0.05, 0.1) is 23.5 Å². The van der Waals surface area contributed by atoms with E-state index in [1.807, 2.05) is 24.3 Å². The average molecular weight is 395 g/mol. The largest absolute Gasteiger partial charge is 0.495 e. The first kappa shape index (κ1) is 18.2. The van der Waals surface area contributed by atoms with Gasteiger partial charge in [0.15, 0.2) is 5.13 Å². The molecule has 1 unspecified atom stereocenters. The third kappa shape index (κ3) is 4.04. The van der Waals surface area contributed by atoms with Crippen molar-refractivity contribution in [2.45, 2.75) is 13.3 Å². The maximum absolute atomic E-state index is 13.0. The van der Waals surface area contributed by atoms with E-state index in [2.05, 4.69) is 21.4 Å². The molecule has 0 aliphatic rings. The number of anilines is 2. The summed E-state index contributed by atoms with van der Waals surface area (Å²) in [6.07, 6.45) is 2.13. The van der Waals surface area contributed by atoms with Crippen molar-refractivity contribution in [2.24, 2.45) is 0 Å². The Kier molecular flexibility index (Phi) is 5.08. The molecule has 5 nitrogen and oxygen atoms in total. The van der Waals surface area contributed by atoms with Crippen molar-refractivity contribution in [3.63, 3.8) is 0 Å². The Hall–Kier alpha value is -3.19. The second-order valence-corrected chi connectivity index (χ2v) is 7.16. The minimum absolute atomic E-state index is 0.467. The van der Waals surface area contributed by atoms with E-state index >= 15 is 0 Å². The van der Waals surface area contributed by atoms with Crippen LogP contribution in [-0.2, 0) is 0 Å². The van der Waals surface area contributed by atoms with Gasteiger partial charge in [-0.05, 0) is 35.9 Å². The van der Waals surface area contributed by atoms with E-state index in [1.165, 1.54) is 6.92 Å². The molecule has 1 atom stereocenters. The molecule has 4 rings (SSSR count). The fourth-order valence-corrected chi connectivity index (χ4v) is 3.73. The summed E-state index contributed by atoms with van der Waals surface area (Å²) in [5.74, 6) is 1.18. The number of fused-ring (bicyclic) bond motifs is 1. The number of hydrogen-bond acceptors (Lipinski definition) is 6. The van der Waals surface area contributed by atoms with Crippen molar-refractivity contribution in [3.05, 3.63) is 60.9 Å². The zero-order valence-corrected chi connectivity index (χ0v) is 16.2. The van der Waals surface area contributed by atoms with Crippen molar-refractivity contribution in [1.29, 1.82) is 0 Å². The highest BCUT2D eigenvalue weighted by molar-refractivity contribution is 7.22. The first-order valence-electron chi connectivity index (χ1n) is 8.68. The van der Waals surface area contributed by atoms with E-state index in [0.717, 1.165) is 32.2 Å². The van der Waals surface area contributed by atoms with E-state index in [4.69, 9.17) is 9.47 Å². The van der Waals surface area contributed by atoms with Crippen molar-refractivity contribution in [3.8, 4) is 22.6 Å². The lowest BCUT2D eigenvalue weighted by atomic mass is 10.1. The molecule has 0 radical (unpaired) electrons. The van der Waals surface area contributed by atoms with Crippen LogP contribution in [0.2, 0.25) is 0 Å². The van der Waals surface area contributed by atoms with E-state index in [9.17, 15) is 4.39 Å². The molecule has 0 bridgehead atoms. The zero-order chi connectivity index (χ0) is 19.5. The van der Waals surface area contributed by atoms with Gasteiger partial charge >= 0.3 is 0 Å². The van der Waals surface area contributed by atoms with Crippen LogP contribution in [0.5, 0.6) is 11.5 Å². The summed E-state index contributed by atoms with van der Waals surface area (Å²) in [5.41, 5.74) is 3.71. The van der Waals surface area contributed by atoms with Gasteiger partial charge in [0, 0.05) is 30.4 Å². The Labute approximate surface area is 165 Å². The lowest BCUT2D eigenvalue weighted by Crippen LogP contribution is -2.03. The van der Waals surface area contributed by atoms with E-state index in [-0.39, 0.29) is 0 Å². The molecule has 0 aliphatic heterocycles. The average Bonchev–Trinajstić information content (AvgIpc) is 3.09. The van der Waals surface area contributed by atoms with Crippen LogP contribution in [0.25, 0.3) is 21.3 Å². The SMILES string of the molecule is COc1cncc(-c2ccc3nc(Nc4cccc(OC(C)F)c4)sc3c2)c1. The third-order valence-electron chi connectivity index (χ3n) is 4.05. The van der Waals surface area contributed by atoms with Crippen LogP contribution >= 0.6 is 11.3 Å². The second kappa shape index (κ2) is 7.82. The standard InChI is InChI=1S/C21H18FN3O2S/c1-13(22)27-17-5-3-4-16(10-17)24-21-25-19-7-6-14(9-20(19)28-21)15-8-18(26-2)12-23-11-15/h3-13H,1-2H3,(H,24,25). The molecular formula is C21H18FN3O2S. The van der Waals surface area contributed by atoms with Gasteiger partial charge in [-0.2, -0.15) is 0 Å². The number of methoxy groups -OCH3 is 1. The topological polar surface area (TPSA) is 56.3 Å². The summed E-state index contributed by atoms with van der Waals surface area (Å²) in [4.78, 5) is 8.83. The van der Waals surface area contributed by atoms with Crippen LogP contribution in [-0.4, -0.2) is 23.4 Å². The van der Waals surface area contributed by atoms with Crippen LogP contribution in [0.15, 0.2) is 60.9 Å². The number of rotatable bonds is 6. The normalized spacial score (nSPS) is 12.0. The Balaban J connectivity index is 1.60. The highest BCUT2D eigenvalue weighted by atomic mass is 32.1. The van der Waals surface area contributed by atoms with Gasteiger partial charge in [-0.15, -0.1) is 0 Å². The maximum Gasteiger partial charge on any atom is 0.235 e. The quantitative estimate of drug-likeness (QED) is 0.447. The van der Waals surface area contributed by atoms with E-state index in [1.54, 1.807) is 49.0 Å². The summed E-state index contributed by atoms with van der Waals surface area (Å²) in [6.45, 7) is 1.35. The number of aromatic nitrogens is 2. The number of halogens is 1. The van der Waals surface area contributed by atoms with Crippen molar-refractivity contribution in [2.75, 3.05) is 12.4 Å². The molecule has 0 fully saturated rings. The third-order valence-corrected chi connectivity index (χ3v) is 4.99. The smallest absolute Gasteiger partial charge is 0.235 e. The summed E-state index contributed by atoms with van der Waals surface area (Å²) in [7, 11) is 1.62. The van der Waals surface area contributed by atoms with Gasteiger partial charge in [0.25, 0.3) is 0 Å². The van der Waals surface area contributed by atoms with Crippen LogP contribution in [0, 0.1) is 0 Å². The van der Waals surface area contributed by atoms with E-state index in [0.29, 0.717) is 11.5 Å². The number of thiazole rings is 1. The Morgan fingerprint density at radius 1 is 1.04 bits per heavy atom. The highest BCUT2D eigenvalue weighted by Crippen LogP contribution is 2.33. The molecule has 28 heavy (non-hydrogen) atoms. The van der Waals surface area contributed by atoms with Gasteiger partial charge in [-0.25, -0.2) is 9.37 Å². The van der Waals surface area contributed by atoms with Gasteiger partial charge in [0.2, 0.25) is 6.36 Å². The molecule has 2 aromatic carbocycles. The van der Waals surface area contributed by atoms with Crippen molar-refractivity contribution in [1.82, 2.24) is 9.97 Å². The molecule has 2 heterocycles. The summed E-state index contributed by atoms with van der Waals surface area (Å²) >= 11 is 1.54.